The van der Waals surface area contributed by atoms with Crippen LogP contribution in [-0.4, -0.2) is 17.1 Å². The standard InChI is InChI=1S/C16H23NO2/c1-11-6-7-12(15(18)19)9-14(11)17-13-5-4-8-16(2,3)10-13/h6-7,9,13,17H,4-5,8,10H2,1-3H3,(H,18,19). The Bertz CT molecular complexity index is 480. The number of nitrogens with one attached hydrogen (secondary N) is 1. The lowest BCUT2D eigenvalue weighted by atomic mass is 9.75. The highest BCUT2D eigenvalue weighted by molar-refractivity contribution is 5.89. The second-order valence-electron chi connectivity index (χ2n) is 6.44. The van der Waals surface area contributed by atoms with Crippen LogP contribution >= 0.6 is 0 Å². The molecular weight excluding hydrogens is 238 g/mol. The van der Waals surface area contributed by atoms with E-state index in [1.807, 2.05) is 13.0 Å². The topological polar surface area (TPSA) is 49.3 Å². The molecular formula is C16H23NO2. The van der Waals surface area contributed by atoms with Gasteiger partial charge in [-0.1, -0.05) is 26.3 Å². The SMILES string of the molecule is Cc1ccc(C(=O)O)cc1NC1CCCC(C)(C)C1. The zero-order valence-electron chi connectivity index (χ0n) is 12.0. The first-order valence-electron chi connectivity index (χ1n) is 6.98. The van der Waals surface area contributed by atoms with Crippen LogP contribution in [0.3, 0.4) is 0 Å². The van der Waals surface area contributed by atoms with Gasteiger partial charge in [-0.3, -0.25) is 0 Å². The van der Waals surface area contributed by atoms with Gasteiger partial charge in [0.2, 0.25) is 0 Å². The molecule has 0 aromatic heterocycles. The van der Waals surface area contributed by atoms with Crippen LogP contribution in [0, 0.1) is 12.3 Å². The third kappa shape index (κ3) is 3.49. The minimum absolute atomic E-state index is 0.350. The number of carbonyl (C=O) groups is 1. The minimum atomic E-state index is -0.868. The molecule has 1 atom stereocenters. The molecule has 1 aliphatic rings. The van der Waals surface area contributed by atoms with E-state index in [0.29, 0.717) is 17.0 Å². The summed E-state index contributed by atoms with van der Waals surface area (Å²) < 4.78 is 0. The van der Waals surface area contributed by atoms with Crippen molar-refractivity contribution in [1.29, 1.82) is 0 Å². The summed E-state index contributed by atoms with van der Waals surface area (Å²) >= 11 is 0. The molecule has 0 aliphatic heterocycles. The first kappa shape index (κ1) is 13.9. The second kappa shape index (κ2) is 5.24. The van der Waals surface area contributed by atoms with Gasteiger partial charge < -0.3 is 10.4 Å². The number of aryl methyl sites for hydroxylation is 1. The highest BCUT2D eigenvalue weighted by Gasteiger charge is 2.28. The Morgan fingerprint density at radius 3 is 2.79 bits per heavy atom. The van der Waals surface area contributed by atoms with Crippen LogP contribution in [0.5, 0.6) is 0 Å². The predicted molar refractivity (Wildman–Crippen MR) is 77.8 cm³/mol. The quantitative estimate of drug-likeness (QED) is 0.862. The van der Waals surface area contributed by atoms with Crippen molar-refractivity contribution in [2.75, 3.05) is 5.32 Å². The van der Waals surface area contributed by atoms with E-state index >= 15 is 0 Å². The van der Waals surface area contributed by atoms with E-state index in [-0.39, 0.29) is 0 Å². The van der Waals surface area contributed by atoms with Crippen LogP contribution in [0.2, 0.25) is 0 Å². The van der Waals surface area contributed by atoms with Crippen LogP contribution in [-0.2, 0) is 0 Å². The van der Waals surface area contributed by atoms with Crippen molar-refractivity contribution in [2.24, 2.45) is 5.41 Å². The summed E-state index contributed by atoms with van der Waals surface area (Å²) in [6.07, 6.45) is 4.82. The number of hydrogen-bond acceptors (Lipinski definition) is 2. The lowest BCUT2D eigenvalue weighted by Gasteiger charge is -2.36. The summed E-state index contributed by atoms with van der Waals surface area (Å²) in [6, 6.07) is 5.73. The molecule has 0 heterocycles. The fourth-order valence-electron chi connectivity index (χ4n) is 2.95. The summed E-state index contributed by atoms with van der Waals surface area (Å²) in [4.78, 5) is 11.0. The van der Waals surface area contributed by atoms with Crippen molar-refractivity contribution in [1.82, 2.24) is 0 Å². The molecule has 3 heteroatoms. The number of carboxylic acids is 1. The van der Waals surface area contributed by atoms with Gasteiger partial charge in [-0.25, -0.2) is 4.79 Å². The summed E-state index contributed by atoms with van der Waals surface area (Å²) in [7, 11) is 0. The smallest absolute Gasteiger partial charge is 0.335 e. The van der Waals surface area contributed by atoms with E-state index in [1.54, 1.807) is 12.1 Å². The van der Waals surface area contributed by atoms with Crippen molar-refractivity contribution in [3.63, 3.8) is 0 Å². The normalized spacial score (nSPS) is 21.9. The molecule has 0 bridgehead atoms. The van der Waals surface area contributed by atoms with E-state index in [9.17, 15) is 4.79 Å². The van der Waals surface area contributed by atoms with Crippen molar-refractivity contribution in [2.45, 2.75) is 52.5 Å². The van der Waals surface area contributed by atoms with Crippen LogP contribution in [0.15, 0.2) is 18.2 Å². The van der Waals surface area contributed by atoms with E-state index < -0.39 is 5.97 Å². The van der Waals surface area contributed by atoms with Crippen molar-refractivity contribution in [3.05, 3.63) is 29.3 Å². The highest BCUT2D eigenvalue weighted by atomic mass is 16.4. The van der Waals surface area contributed by atoms with Crippen LogP contribution in [0.25, 0.3) is 0 Å². The van der Waals surface area contributed by atoms with E-state index in [4.69, 9.17) is 5.11 Å². The fraction of sp³-hybridized carbons (Fsp3) is 0.562. The molecule has 1 aromatic rings. The van der Waals surface area contributed by atoms with Gasteiger partial charge in [-0.05, 0) is 49.3 Å². The number of hydrogen-bond donors (Lipinski definition) is 2. The lowest BCUT2D eigenvalue weighted by molar-refractivity contribution is 0.0697. The average Bonchev–Trinajstić information content (AvgIpc) is 2.30. The zero-order valence-corrected chi connectivity index (χ0v) is 12.0. The number of rotatable bonds is 3. The summed E-state index contributed by atoms with van der Waals surface area (Å²) in [5.74, 6) is -0.868. The van der Waals surface area contributed by atoms with Gasteiger partial charge in [0.25, 0.3) is 0 Å². The molecule has 3 nitrogen and oxygen atoms in total. The Morgan fingerprint density at radius 1 is 1.42 bits per heavy atom. The van der Waals surface area contributed by atoms with E-state index in [0.717, 1.165) is 17.7 Å². The maximum Gasteiger partial charge on any atom is 0.335 e. The highest BCUT2D eigenvalue weighted by Crippen LogP contribution is 2.36. The molecule has 1 saturated carbocycles. The van der Waals surface area contributed by atoms with Crippen molar-refractivity contribution < 1.29 is 9.90 Å². The number of carboxylic acid groups (broad SMARTS) is 1. The average molecular weight is 261 g/mol. The van der Waals surface area contributed by atoms with Gasteiger partial charge in [0, 0.05) is 11.7 Å². The number of aromatic carboxylic acids is 1. The molecule has 0 radical (unpaired) electrons. The lowest BCUT2D eigenvalue weighted by Crippen LogP contribution is -2.32. The maximum atomic E-state index is 11.0. The Morgan fingerprint density at radius 2 is 2.16 bits per heavy atom. The molecule has 1 unspecified atom stereocenters. The Labute approximate surface area is 115 Å². The fourth-order valence-corrected chi connectivity index (χ4v) is 2.95. The molecule has 104 valence electrons. The van der Waals surface area contributed by atoms with Crippen molar-refractivity contribution in [3.8, 4) is 0 Å². The van der Waals surface area contributed by atoms with E-state index in [2.05, 4.69) is 19.2 Å². The Balaban J connectivity index is 2.14. The van der Waals surface area contributed by atoms with Gasteiger partial charge in [-0.15, -0.1) is 0 Å². The van der Waals surface area contributed by atoms with Gasteiger partial charge in [0.05, 0.1) is 5.56 Å². The summed E-state index contributed by atoms with van der Waals surface area (Å²) in [6.45, 7) is 6.63. The maximum absolute atomic E-state index is 11.0. The zero-order chi connectivity index (χ0) is 14.0. The summed E-state index contributed by atoms with van der Waals surface area (Å²) in [5.41, 5.74) is 2.80. The van der Waals surface area contributed by atoms with Crippen LogP contribution in [0.4, 0.5) is 5.69 Å². The minimum Gasteiger partial charge on any atom is -0.478 e. The Hall–Kier alpha value is -1.51. The predicted octanol–water partition coefficient (Wildman–Crippen LogP) is 4.07. The second-order valence-corrected chi connectivity index (χ2v) is 6.44. The number of anilines is 1. The molecule has 2 rings (SSSR count). The van der Waals surface area contributed by atoms with Gasteiger partial charge >= 0.3 is 5.97 Å². The molecule has 0 amide bonds. The number of benzene rings is 1. The van der Waals surface area contributed by atoms with Crippen molar-refractivity contribution >= 4 is 11.7 Å². The largest absolute Gasteiger partial charge is 0.478 e. The van der Waals surface area contributed by atoms with E-state index in [1.165, 1.54) is 19.3 Å². The third-order valence-electron chi connectivity index (χ3n) is 4.05. The first-order valence-corrected chi connectivity index (χ1v) is 6.98. The monoisotopic (exact) mass is 261 g/mol. The van der Waals surface area contributed by atoms with Gasteiger partial charge in [0.15, 0.2) is 0 Å². The van der Waals surface area contributed by atoms with Gasteiger partial charge in [-0.2, -0.15) is 0 Å². The molecule has 0 spiro atoms. The van der Waals surface area contributed by atoms with Crippen LogP contribution < -0.4 is 5.32 Å². The molecule has 1 aromatic carbocycles. The molecule has 0 saturated heterocycles. The van der Waals surface area contributed by atoms with Gasteiger partial charge in [0.1, 0.15) is 0 Å². The Kier molecular flexibility index (Phi) is 3.83. The first-order chi connectivity index (χ1) is 8.87. The molecule has 1 fully saturated rings. The summed E-state index contributed by atoms with van der Waals surface area (Å²) in [5, 5.41) is 12.6. The third-order valence-corrected chi connectivity index (χ3v) is 4.05. The van der Waals surface area contributed by atoms with Crippen LogP contribution in [0.1, 0.15) is 55.5 Å². The molecule has 2 N–H and O–H groups in total. The molecule has 19 heavy (non-hydrogen) atoms. The molecule has 1 aliphatic carbocycles.